The summed E-state index contributed by atoms with van der Waals surface area (Å²) in [5.74, 6) is -2.18. The van der Waals surface area contributed by atoms with Crippen molar-refractivity contribution < 1.29 is 31.9 Å². The first-order valence-corrected chi connectivity index (χ1v) is 13.5. The van der Waals surface area contributed by atoms with E-state index in [1.807, 2.05) is 27.7 Å². The van der Waals surface area contributed by atoms with Gasteiger partial charge in [0.2, 0.25) is 11.8 Å². The molecule has 10 heteroatoms. The van der Waals surface area contributed by atoms with E-state index in [4.69, 9.17) is 10.5 Å². The Morgan fingerprint density at radius 2 is 1.62 bits per heavy atom. The highest BCUT2D eigenvalue weighted by Crippen LogP contribution is 2.46. The molecule has 2 atom stereocenters. The number of hydrogen-bond acceptors (Lipinski definition) is 4. The number of nitrogens with zero attached hydrogens (tertiary/aromatic N) is 2. The van der Waals surface area contributed by atoms with Gasteiger partial charge in [0.25, 0.3) is 0 Å². The molecule has 0 spiro atoms. The number of rotatable bonds is 8. The van der Waals surface area contributed by atoms with Crippen molar-refractivity contribution in [2.24, 2.45) is 17.6 Å². The Hall–Kier alpha value is -3.14. The molecule has 1 fully saturated rings. The first-order valence-electron chi connectivity index (χ1n) is 13.5. The minimum atomic E-state index is -4.56. The number of anilines is 1. The first-order chi connectivity index (χ1) is 18.7. The van der Waals surface area contributed by atoms with Crippen molar-refractivity contribution in [1.29, 1.82) is 0 Å². The number of carbonyl (C=O) groups is 2. The van der Waals surface area contributed by atoms with Crippen LogP contribution >= 0.6 is 0 Å². The van der Waals surface area contributed by atoms with Crippen LogP contribution in [0.25, 0.3) is 0 Å². The Kier molecular flexibility index (Phi) is 8.23. The van der Waals surface area contributed by atoms with Crippen LogP contribution in [-0.4, -0.2) is 56.1 Å². The number of fused-ring (bicyclic) bond motifs is 1. The number of carbonyl (C=O) groups excluding carboxylic acids is 2. The fourth-order valence-electron chi connectivity index (χ4n) is 6.29. The SMILES string of the molecule is CC(C)[C@H](CN1CC(C)(C)c2cc(F)ccc21)[C@](CC(=O)N1CCOCC1)(C(N)=O)c1ccc(C(F)(F)F)cc1. The largest absolute Gasteiger partial charge is 0.416 e. The number of nitrogens with two attached hydrogens (primary N) is 1. The molecule has 6 nitrogen and oxygen atoms in total. The number of alkyl halides is 3. The summed E-state index contributed by atoms with van der Waals surface area (Å²) in [7, 11) is 0. The highest BCUT2D eigenvalue weighted by atomic mass is 19.4. The number of benzene rings is 2. The van der Waals surface area contributed by atoms with Gasteiger partial charge >= 0.3 is 6.18 Å². The van der Waals surface area contributed by atoms with Crippen molar-refractivity contribution >= 4 is 17.5 Å². The van der Waals surface area contributed by atoms with Crippen LogP contribution in [0.2, 0.25) is 0 Å². The second-order valence-electron chi connectivity index (χ2n) is 11.9. The van der Waals surface area contributed by atoms with E-state index in [1.165, 1.54) is 24.3 Å². The monoisotopic (exact) mass is 563 g/mol. The summed E-state index contributed by atoms with van der Waals surface area (Å²) in [6.07, 6.45) is -4.85. The molecule has 4 rings (SSSR count). The molecule has 0 saturated carbocycles. The van der Waals surface area contributed by atoms with Crippen LogP contribution in [0.1, 0.15) is 50.8 Å². The topological polar surface area (TPSA) is 75.9 Å². The van der Waals surface area contributed by atoms with Crippen molar-refractivity contribution in [3.05, 3.63) is 65.0 Å². The summed E-state index contributed by atoms with van der Waals surface area (Å²) in [6, 6.07) is 9.01. The van der Waals surface area contributed by atoms with Crippen LogP contribution in [0.4, 0.5) is 23.2 Å². The predicted octanol–water partition coefficient (Wildman–Crippen LogP) is 4.89. The average molecular weight is 564 g/mol. The lowest BCUT2D eigenvalue weighted by atomic mass is 9.63. The number of primary amides is 1. The molecule has 2 heterocycles. The van der Waals surface area contributed by atoms with Gasteiger partial charge in [0.1, 0.15) is 5.82 Å². The van der Waals surface area contributed by atoms with Crippen LogP contribution in [0.3, 0.4) is 0 Å². The van der Waals surface area contributed by atoms with Crippen LogP contribution < -0.4 is 10.6 Å². The second kappa shape index (κ2) is 11.0. The van der Waals surface area contributed by atoms with Crippen molar-refractivity contribution in [2.75, 3.05) is 44.3 Å². The highest BCUT2D eigenvalue weighted by Gasteiger charge is 2.51. The maximum absolute atomic E-state index is 14.2. The quantitative estimate of drug-likeness (QED) is 0.465. The summed E-state index contributed by atoms with van der Waals surface area (Å²) < 4.78 is 59.8. The van der Waals surface area contributed by atoms with E-state index in [0.29, 0.717) is 39.4 Å². The minimum Gasteiger partial charge on any atom is -0.378 e. The number of morpholine rings is 1. The lowest BCUT2D eigenvalue weighted by molar-refractivity contribution is -0.141. The smallest absolute Gasteiger partial charge is 0.378 e. The van der Waals surface area contributed by atoms with Gasteiger partial charge in [0.05, 0.1) is 24.2 Å². The fraction of sp³-hybridized carbons (Fsp3) is 0.533. The van der Waals surface area contributed by atoms with Crippen LogP contribution in [0.5, 0.6) is 0 Å². The zero-order valence-electron chi connectivity index (χ0n) is 23.4. The first kappa shape index (κ1) is 29.8. The average Bonchev–Trinajstić information content (AvgIpc) is 3.14. The van der Waals surface area contributed by atoms with Crippen molar-refractivity contribution in [1.82, 2.24) is 4.90 Å². The summed E-state index contributed by atoms with van der Waals surface area (Å²) >= 11 is 0. The zero-order valence-corrected chi connectivity index (χ0v) is 23.4. The molecular weight excluding hydrogens is 526 g/mol. The Morgan fingerprint density at radius 3 is 2.17 bits per heavy atom. The Morgan fingerprint density at radius 1 is 1.02 bits per heavy atom. The van der Waals surface area contributed by atoms with E-state index in [0.717, 1.165) is 23.4 Å². The number of hydrogen-bond donors (Lipinski definition) is 1. The van der Waals surface area contributed by atoms with Gasteiger partial charge in [-0.2, -0.15) is 13.2 Å². The van der Waals surface area contributed by atoms with Gasteiger partial charge in [-0.1, -0.05) is 39.8 Å². The Balaban J connectivity index is 1.82. The molecule has 0 unspecified atom stereocenters. The summed E-state index contributed by atoms with van der Waals surface area (Å²) in [5, 5.41) is 0. The van der Waals surface area contributed by atoms with Gasteiger partial charge in [-0.15, -0.1) is 0 Å². The number of ether oxygens (including phenoxy) is 1. The molecule has 2 aliphatic heterocycles. The van der Waals surface area contributed by atoms with E-state index in [-0.39, 0.29) is 35.0 Å². The third kappa shape index (κ3) is 5.68. The molecule has 2 amide bonds. The third-order valence-electron chi connectivity index (χ3n) is 8.43. The van der Waals surface area contributed by atoms with Gasteiger partial charge in [-0.3, -0.25) is 9.59 Å². The fourth-order valence-corrected chi connectivity index (χ4v) is 6.29. The van der Waals surface area contributed by atoms with E-state index in [2.05, 4.69) is 4.90 Å². The lowest BCUT2D eigenvalue weighted by Gasteiger charge is -2.44. The maximum Gasteiger partial charge on any atom is 0.416 e. The normalized spacial score (nSPS) is 19.3. The third-order valence-corrected chi connectivity index (χ3v) is 8.43. The molecule has 0 aromatic heterocycles. The maximum atomic E-state index is 14.2. The standard InChI is InChI=1S/C30H37F4N3O3/c1-19(2)24(17-37-18-28(3,4)23-15-22(31)9-10-25(23)37)29(27(35)39,16-26(38)36-11-13-40-14-12-36)20-5-7-21(8-6-20)30(32,33)34/h5-10,15,19,24H,11-14,16-18H2,1-4H3,(H2,35,39)/t24-,29+/m0/s1. The zero-order chi connectivity index (χ0) is 29.5. The molecule has 0 aliphatic carbocycles. The van der Waals surface area contributed by atoms with Crippen LogP contribution in [0.15, 0.2) is 42.5 Å². The van der Waals surface area contributed by atoms with Gasteiger partial charge in [-0.05, 0) is 53.3 Å². The van der Waals surface area contributed by atoms with Crippen molar-refractivity contribution in [3.63, 3.8) is 0 Å². The molecule has 2 aromatic rings. The van der Waals surface area contributed by atoms with E-state index < -0.39 is 29.0 Å². The van der Waals surface area contributed by atoms with Gasteiger partial charge in [0, 0.05) is 43.7 Å². The van der Waals surface area contributed by atoms with Crippen LogP contribution in [0, 0.1) is 17.7 Å². The van der Waals surface area contributed by atoms with Crippen molar-refractivity contribution in [3.8, 4) is 0 Å². The molecule has 0 bridgehead atoms. The van der Waals surface area contributed by atoms with Gasteiger partial charge in [0.15, 0.2) is 0 Å². The second-order valence-corrected chi connectivity index (χ2v) is 11.9. The molecule has 2 aliphatic rings. The molecule has 1 saturated heterocycles. The number of halogens is 4. The van der Waals surface area contributed by atoms with E-state index in [1.54, 1.807) is 11.0 Å². The highest BCUT2D eigenvalue weighted by molar-refractivity contribution is 5.93. The number of amides is 2. The lowest BCUT2D eigenvalue weighted by Crippen LogP contribution is -2.56. The molecule has 218 valence electrons. The molecule has 2 N–H and O–H groups in total. The summed E-state index contributed by atoms with van der Waals surface area (Å²) in [6.45, 7) is 10.1. The Bertz CT molecular complexity index is 1240. The molecule has 40 heavy (non-hydrogen) atoms. The van der Waals surface area contributed by atoms with Crippen LogP contribution in [-0.2, 0) is 31.3 Å². The van der Waals surface area contributed by atoms with Gasteiger partial charge in [-0.25, -0.2) is 4.39 Å². The molecular formula is C30H37F4N3O3. The van der Waals surface area contributed by atoms with Crippen molar-refractivity contribution in [2.45, 2.75) is 51.1 Å². The predicted molar refractivity (Wildman–Crippen MR) is 144 cm³/mol. The van der Waals surface area contributed by atoms with E-state index >= 15 is 0 Å². The molecule has 0 radical (unpaired) electrons. The molecule has 2 aromatic carbocycles. The van der Waals surface area contributed by atoms with Gasteiger partial charge < -0.3 is 20.3 Å². The summed E-state index contributed by atoms with van der Waals surface area (Å²) in [4.78, 5) is 30.9. The van der Waals surface area contributed by atoms with E-state index in [9.17, 15) is 27.2 Å². The minimum absolute atomic E-state index is 0.195. The Labute approximate surface area is 232 Å². The summed E-state index contributed by atoms with van der Waals surface area (Å²) in [5.41, 5.74) is 5.25.